The molecular formula is C25H32N2O3. The molecule has 0 aliphatic carbocycles. The summed E-state index contributed by atoms with van der Waals surface area (Å²) in [7, 11) is 1.68. The molecule has 2 fully saturated rings. The standard InChI is InChI=1S/C25H32N2O3/c1-25(2,3)30-24(28)26-16-8-11-22-23(26)21(18-12-14-20(29-4)15-13-18)17-27(22)19-9-6-5-7-10-19/h5-7,9-10,12-15,21-23H,8,11,16-17H2,1-4H3/t21-,22-,23-/m0/s1. The van der Waals surface area contributed by atoms with E-state index in [9.17, 15) is 4.79 Å². The Morgan fingerprint density at radius 1 is 1.03 bits per heavy atom. The van der Waals surface area contributed by atoms with Gasteiger partial charge >= 0.3 is 6.09 Å². The highest BCUT2D eigenvalue weighted by Gasteiger charge is 2.49. The third-order valence-corrected chi connectivity index (χ3v) is 6.12. The summed E-state index contributed by atoms with van der Waals surface area (Å²) in [6, 6.07) is 19.2. The van der Waals surface area contributed by atoms with Gasteiger partial charge in [0, 0.05) is 24.7 Å². The fourth-order valence-corrected chi connectivity index (χ4v) is 4.88. The number of para-hydroxylation sites is 1. The summed E-state index contributed by atoms with van der Waals surface area (Å²) in [4.78, 5) is 17.6. The predicted octanol–water partition coefficient (Wildman–Crippen LogP) is 5.07. The van der Waals surface area contributed by atoms with E-state index < -0.39 is 5.60 Å². The van der Waals surface area contributed by atoms with E-state index in [0.717, 1.165) is 31.7 Å². The van der Waals surface area contributed by atoms with E-state index >= 15 is 0 Å². The van der Waals surface area contributed by atoms with E-state index in [0.29, 0.717) is 0 Å². The molecule has 5 heteroatoms. The molecular weight excluding hydrogens is 376 g/mol. The molecule has 0 unspecified atom stereocenters. The van der Waals surface area contributed by atoms with Crippen molar-refractivity contribution in [1.82, 2.24) is 4.90 Å². The van der Waals surface area contributed by atoms with Gasteiger partial charge in [-0.3, -0.25) is 0 Å². The molecule has 2 saturated heterocycles. The minimum absolute atomic E-state index is 0.0854. The SMILES string of the molecule is COc1ccc([C@@H]2CN(c3ccccc3)[C@H]3CCCN(C(=O)OC(C)(C)C)[C@@H]23)cc1. The van der Waals surface area contributed by atoms with Crippen LogP contribution in [0.3, 0.4) is 0 Å². The molecule has 2 aromatic rings. The van der Waals surface area contributed by atoms with E-state index in [1.165, 1.54) is 11.3 Å². The molecule has 0 saturated carbocycles. The summed E-state index contributed by atoms with van der Waals surface area (Å²) in [6.07, 6.45) is 1.86. The molecule has 0 aromatic heterocycles. The van der Waals surface area contributed by atoms with Gasteiger partial charge in [0.2, 0.25) is 0 Å². The number of hydrogen-bond acceptors (Lipinski definition) is 4. The Bertz CT molecular complexity index is 860. The van der Waals surface area contributed by atoms with Gasteiger partial charge in [-0.1, -0.05) is 30.3 Å². The van der Waals surface area contributed by atoms with E-state index in [1.54, 1.807) is 7.11 Å². The first-order valence-electron chi connectivity index (χ1n) is 10.8. The van der Waals surface area contributed by atoms with Crippen LogP contribution in [0, 0.1) is 0 Å². The molecule has 2 aromatic carbocycles. The minimum Gasteiger partial charge on any atom is -0.497 e. The number of carbonyl (C=O) groups excluding carboxylic acids is 1. The Morgan fingerprint density at radius 3 is 2.37 bits per heavy atom. The Hall–Kier alpha value is -2.69. The Kier molecular flexibility index (Phi) is 5.63. The van der Waals surface area contributed by atoms with Gasteiger partial charge in [0.1, 0.15) is 11.4 Å². The van der Waals surface area contributed by atoms with E-state index in [-0.39, 0.29) is 24.1 Å². The van der Waals surface area contributed by atoms with Crippen LogP contribution in [-0.2, 0) is 4.74 Å². The van der Waals surface area contributed by atoms with Crippen LogP contribution in [0.2, 0.25) is 0 Å². The molecule has 0 bridgehead atoms. The first-order chi connectivity index (χ1) is 14.4. The van der Waals surface area contributed by atoms with Crippen LogP contribution in [0.4, 0.5) is 10.5 Å². The fraction of sp³-hybridized carbons (Fsp3) is 0.480. The molecule has 2 aliphatic heterocycles. The fourth-order valence-electron chi connectivity index (χ4n) is 4.88. The normalized spacial score (nSPS) is 23.8. The van der Waals surface area contributed by atoms with Gasteiger partial charge in [0.05, 0.1) is 19.2 Å². The van der Waals surface area contributed by atoms with Crippen LogP contribution in [0.15, 0.2) is 54.6 Å². The third-order valence-electron chi connectivity index (χ3n) is 6.12. The monoisotopic (exact) mass is 408 g/mol. The van der Waals surface area contributed by atoms with Gasteiger partial charge in [-0.15, -0.1) is 0 Å². The zero-order chi connectivity index (χ0) is 21.3. The van der Waals surface area contributed by atoms with Crippen LogP contribution in [-0.4, -0.2) is 48.9 Å². The lowest BCUT2D eigenvalue weighted by Crippen LogP contribution is -2.54. The quantitative estimate of drug-likeness (QED) is 0.711. The summed E-state index contributed by atoms with van der Waals surface area (Å²) in [5.74, 6) is 1.06. The van der Waals surface area contributed by atoms with E-state index in [4.69, 9.17) is 9.47 Å². The number of fused-ring (bicyclic) bond motifs is 1. The molecule has 160 valence electrons. The highest BCUT2D eigenvalue weighted by atomic mass is 16.6. The second kappa shape index (κ2) is 8.21. The van der Waals surface area contributed by atoms with E-state index in [2.05, 4.69) is 41.3 Å². The van der Waals surface area contributed by atoms with Gasteiger partial charge in [-0.25, -0.2) is 4.79 Å². The summed E-state index contributed by atoms with van der Waals surface area (Å²) >= 11 is 0. The number of hydrogen-bond donors (Lipinski definition) is 0. The lowest BCUT2D eigenvalue weighted by atomic mass is 9.86. The highest BCUT2D eigenvalue weighted by molar-refractivity contribution is 5.70. The van der Waals surface area contributed by atoms with Crippen LogP contribution in [0.1, 0.15) is 45.1 Å². The Balaban J connectivity index is 1.70. The summed E-state index contributed by atoms with van der Waals surface area (Å²) < 4.78 is 11.1. The Labute approximate surface area is 179 Å². The third kappa shape index (κ3) is 4.11. The number of nitrogens with zero attached hydrogens (tertiary/aromatic N) is 2. The minimum atomic E-state index is -0.503. The van der Waals surface area contributed by atoms with Crippen molar-refractivity contribution in [3.05, 3.63) is 60.2 Å². The molecule has 0 spiro atoms. The number of likely N-dealkylation sites (tertiary alicyclic amines) is 1. The predicted molar refractivity (Wildman–Crippen MR) is 119 cm³/mol. The Morgan fingerprint density at radius 2 is 1.73 bits per heavy atom. The van der Waals surface area contributed by atoms with Gasteiger partial charge in [0.15, 0.2) is 0 Å². The van der Waals surface area contributed by atoms with Crippen LogP contribution < -0.4 is 9.64 Å². The first kappa shape index (κ1) is 20.6. The topological polar surface area (TPSA) is 42.0 Å². The molecule has 30 heavy (non-hydrogen) atoms. The molecule has 2 aliphatic rings. The van der Waals surface area contributed by atoms with Crippen molar-refractivity contribution in [3.63, 3.8) is 0 Å². The van der Waals surface area contributed by atoms with Crippen molar-refractivity contribution in [2.24, 2.45) is 0 Å². The maximum Gasteiger partial charge on any atom is 0.410 e. The largest absolute Gasteiger partial charge is 0.497 e. The lowest BCUT2D eigenvalue weighted by molar-refractivity contribution is 0.00761. The average molecular weight is 409 g/mol. The highest BCUT2D eigenvalue weighted by Crippen LogP contribution is 2.43. The molecule has 0 radical (unpaired) electrons. The molecule has 3 atom stereocenters. The number of anilines is 1. The van der Waals surface area contributed by atoms with Crippen molar-refractivity contribution < 1.29 is 14.3 Å². The number of methoxy groups -OCH3 is 1. The summed E-state index contributed by atoms with van der Waals surface area (Å²) in [6.45, 7) is 7.41. The second-order valence-electron chi connectivity index (χ2n) is 9.24. The van der Waals surface area contributed by atoms with Crippen LogP contribution in [0.25, 0.3) is 0 Å². The first-order valence-corrected chi connectivity index (χ1v) is 10.8. The van der Waals surface area contributed by atoms with Crippen molar-refractivity contribution >= 4 is 11.8 Å². The average Bonchev–Trinajstić information content (AvgIpc) is 3.13. The molecule has 2 heterocycles. The smallest absolute Gasteiger partial charge is 0.410 e. The second-order valence-corrected chi connectivity index (χ2v) is 9.24. The lowest BCUT2D eigenvalue weighted by Gasteiger charge is -2.42. The van der Waals surface area contributed by atoms with Gasteiger partial charge in [0.25, 0.3) is 0 Å². The molecule has 4 rings (SSSR count). The van der Waals surface area contributed by atoms with Gasteiger partial charge < -0.3 is 19.3 Å². The number of ether oxygens (including phenoxy) is 2. The van der Waals surface area contributed by atoms with Crippen molar-refractivity contribution in [1.29, 1.82) is 0 Å². The van der Waals surface area contributed by atoms with Gasteiger partial charge in [-0.05, 0) is 63.4 Å². The number of piperidine rings is 1. The number of carbonyl (C=O) groups is 1. The molecule has 5 nitrogen and oxygen atoms in total. The molecule has 1 amide bonds. The van der Waals surface area contributed by atoms with E-state index in [1.807, 2.05) is 43.9 Å². The van der Waals surface area contributed by atoms with Crippen molar-refractivity contribution in [2.45, 2.75) is 57.2 Å². The zero-order valence-electron chi connectivity index (χ0n) is 18.4. The number of rotatable bonds is 3. The molecule has 0 N–H and O–H groups in total. The maximum atomic E-state index is 13.1. The summed E-state index contributed by atoms with van der Waals surface area (Å²) in [5.41, 5.74) is 1.95. The van der Waals surface area contributed by atoms with Crippen molar-refractivity contribution in [3.8, 4) is 5.75 Å². The maximum absolute atomic E-state index is 13.1. The van der Waals surface area contributed by atoms with Crippen LogP contribution >= 0.6 is 0 Å². The van der Waals surface area contributed by atoms with Crippen molar-refractivity contribution in [2.75, 3.05) is 25.1 Å². The zero-order valence-corrected chi connectivity index (χ0v) is 18.4. The number of benzene rings is 2. The number of amides is 1. The van der Waals surface area contributed by atoms with Gasteiger partial charge in [-0.2, -0.15) is 0 Å². The van der Waals surface area contributed by atoms with Crippen LogP contribution in [0.5, 0.6) is 5.75 Å². The summed E-state index contributed by atoms with van der Waals surface area (Å²) in [5, 5.41) is 0.